The van der Waals surface area contributed by atoms with Crippen LogP contribution >= 0.6 is 11.6 Å². The Bertz CT molecular complexity index is 1420. The van der Waals surface area contributed by atoms with Gasteiger partial charge in [0, 0.05) is 23.6 Å². The number of nitrogens with zero attached hydrogens (tertiary/aromatic N) is 1. The molecule has 0 spiro atoms. The highest BCUT2D eigenvalue weighted by Crippen LogP contribution is 2.31. The molecule has 180 valence electrons. The lowest BCUT2D eigenvalue weighted by atomic mass is 10.1. The fourth-order valence-electron chi connectivity index (χ4n) is 3.67. The maximum Gasteiger partial charge on any atom is 0.322 e. The number of carbonyl (C=O) groups is 1. The number of hydrogen-bond donors (Lipinski definition) is 2. The number of carbonyl (C=O) groups excluding carboxylic acids is 1. The molecule has 0 aliphatic heterocycles. The number of pyridine rings is 1. The molecular formula is C26H23ClFN3O4. The van der Waals surface area contributed by atoms with Gasteiger partial charge in [-0.15, -0.1) is 0 Å². The van der Waals surface area contributed by atoms with Crippen LogP contribution in [-0.4, -0.2) is 30.1 Å². The summed E-state index contributed by atoms with van der Waals surface area (Å²) in [6.07, 6.45) is 0. The van der Waals surface area contributed by atoms with E-state index in [-0.39, 0.29) is 24.5 Å². The molecule has 0 aliphatic rings. The van der Waals surface area contributed by atoms with Crippen molar-refractivity contribution in [3.05, 3.63) is 99.1 Å². The van der Waals surface area contributed by atoms with Crippen LogP contribution in [0.4, 0.5) is 14.9 Å². The zero-order valence-corrected chi connectivity index (χ0v) is 19.9. The van der Waals surface area contributed by atoms with E-state index in [1.54, 1.807) is 54.6 Å². The van der Waals surface area contributed by atoms with E-state index in [1.165, 1.54) is 31.3 Å². The number of methoxy groups -OCH3 is 2. The number of H-pyrrole nitrogens is 1. The number of urea groups is 1. The average Bonchev–Trinajstić information content (AvgIpc) is 2.85. The molecule has 4 rings (SSSR count). The van der Waals surface area contributed by atoms with Crippen LogP contribution in [0.25, 0.3) is 10.9 Å². The SMILES string of the molecule is COc1cc2cc(CN(Cc3ccc(F)cc3)C(=O)Nc3ccccc3Cl)c(=O)[nH]c2cc1OC. The van der Waals surface area contributed by atoms with Crippen molar-refractivity contribution in [2.24, 2.45) is 0 Å². The summed E-state index contributed by atoms with van der Waals surface area (Å²) < 4.78 is 24.1. The second-order valence-corrected chi connectivity index (χ2v) is 8.22. The van der Waals surface area contributed by atoms with Gasteiger partial charge in [-0.2, -0.15) is 0 Å². The third-order valence-electron chi connectivity index (χ3n) is 5.48. The lowest BCUT2D eigenvalue weighted by molar-refractivity contribution is 0.206. The lowest BCUT2D eigenvalue weighted by Gasteiger charge is -2.24. The molecule has 7 nitrogen and oxygen atoms in total. The molecule has 0 unspecified atom stereocenters. The van der Waals surface area contributed by atoms with E-state index in [0.717, 1.165) is 0 Å². The molecule has 35 heavy (non-hydrogen) atoms. The van der Waals surface area contributed by atoms with Crippen LogP contribution in [0.5, 0.6) is 11.5 Å². The Balaban J connectivity index is 1.69. The normalized spacial score (nSPS) is 10.7. The number of rotatable bonds is 7. The van der Waals surface area contributed by atoms with Gasteiger partial charge in [-0.25, -0.2) is 9.18 Å². The molecule has 1 aromatic heterocycles. The van der Waals surface area contributed by atoms with Crippen LogP contribution in [0.2, 0.25) is 5.02 Å². The molecular weight excluding hydrogens is 473 g/mol. The molecule has 4 aromatic rings. The molecule has 1 heterocycles. The van der Waals surface area contributed by atoms with E-state index in [1.807, 2.05) is 0 Å². The number of fused-ring (bicyclic) bond motifs is 1. The predicted octanol–water partition coefficient (Wildman–Crippen LogP) is 5.57. The van der Waals surface area contributed by atoms with Gasteiger partial charge in [-0.3, -0.25) is 4.79 Å². The molecule has 0 saturated heterocycles. The predicted molar refractivity (Wildman–Crippen MR) is 134 cm³/mol. The van der Waals surface area contributed by atoms with Crippen LogP contribution in [-0.2, 0) is 13.1 Å². The van der Waals surface area contributed by atoms with Gasteiger partial charge < -0.3 is 24.7 Å². The molecule has 0 aliphatic carbocycles. The van der Waals surface area contributed by atoms with Crippen molar-refractivity contribution in [3.63, 3.8) is 0 Å². The van der Waals surface area contributed by atoms with Gasteiger partial charge in [0.2, 0.25) is 0 Å². The van der Waals surface area contributed by atoms with Crippen molar-refractivity contribution >= 4 is 34.2 Å². The summed E-state index contributed by atoms with van der Waals surface area (Å²) >= 11 is 6.20. The summed E-state index contributed by atoms with van der Waals surface area (Å²) in [4.78, 5) is 30.4. The highest BCUT2D eigenvalue weighted by molar-refractivity contribution is 6.33. The number of para-hydroxylation sites is 1. The number of benzene rings is 3. The van der Waals surface area contributed by atoms with Crippen LogP contribution in [0.1, 0.15) is 11.1 Å². The number of amides is 2. The summed E-state index contributed by atoms with van der Waals surface area (Å²) in [7, 11) is 3.04. The van der Waals surface area contributed by atoms with E-state index in [9.17, 15) is 14.0 Å². The number of aromatic nitrogens is 1. The number of ether oxygens (including phenoxy) is 2. The maximum absolute atomic E-state index is 13.4. The summed E-state index contributed by atoms with van der Waals surface area (Å²) in [5, 5.41) is 3.88. The summed E-state index contributed by atoms with van der Waals surface area (Å²) in [5.41, 5.74) is 1.72. The quantitative estimate of drug-likeness (QED) is 0.351. The lowest BCUT2D eigenvalue weighted by Crippen LogP contribution is -2.35. The van der Waals surface area contributed by atoms with Gasteiger partial charge in [-0.1, -0.05) is 35.9 Å². The van der Waals surface area contributed by atoms with Crippen molar-refractivity contribution in [2.45, 2.75) is 13.1 Å². The zero-order valence-electron chi connectivity index (χ0n) is 19.1. The molecule has 0 saturated carbocycles. The monoisotopic (exact) mass is 495 g/mol. The second kappa shape index (κ2) is 10.5. The van der Waals surface area contributed by atoms with Gasteiger partial charge in [0.1, 0.15) is 5.82 Å². The first-order valence-corrected chi connectivity index (χ1v) is 11.1. The van der Waals surface area contributed by atoms with Crippen LogP contribution in [0, 0.1) is 5.82 Å². The minimum absolute atomic E-state index is 0.00667. The highest BCUT2D eigenvalue weighted by atomic mass is 35.5. The Labute approximate surface area is 206 Å². The topological polar surface area (TPSA) is 83.7 Å². The number of anilines is 1. The van der Waals surface area contributed by atoms with E-state index in [2.05, 4.69) is 10.3 Å². The molecule has 9 heteroatoms. The first kappa shape index (κ1) is 24.1. The summed E-state index contributed by atoms with van der Waals surface area (Å²) in [5.74, 6) is 0.620. The Morgan fingerprint density at radius 3 is 2.37 bits per heavy atom. The molecule has 0 bridgehead atoms. The highest BCUT2D eigenvalue weighted by Gasteiger charge is 2.19. The minimum Gasteiger partial charge on any atom is -0.493 e. The fourth-order valence-corrected chi connectivity index (χ4v) is 3.85. The van der Waals surface area contributed by atoms with Gasteiger partial charge in [0.05, 0.1) is 37.0 Å². The van der Waals surface area contributed by atoms with Gasteiger partial charge in [0.25, 0.3) is 5.56 Å². The van der Waals surface area contributed by atoms with Crippen LogP contribution in [0.15, 0.2) is 71.5 Å². The number of halogens is 2. The largest absolute Gasteiger partial charge is 0.493 e. The van der Waals surface area contributed by atoms with Gasteiger partial charge in [-0.05, 0) is 42.0 Å². The van der Waals surface area contributed by atoms with E-state index in [0.29, 0.717) is 44.2 Å². The standard InChI is InChI=1S/C26H23ClFN3O4/c1-34-23-12-17-11-18(25(32)29-22(17)13-24(23)35-2)15-31(14-16-7-9-19(28)10-8-16)26(33)30-21-6-4-3-5-20(21)27/h3-13H,14-15H2,1-2H3,(H,29,32)(H,30,33). The Hall–Kier alpha value is -4.04. The number of hydrogen-bond acceptors (Lipinski definition) is 4. The first-order chi connectivity index (χ1) is 16.9. The second-order valence-electron chi connectivity index (χ2n) is 7.81. The molecule has 0 radical (unpaired) electrons. The number of nitrogens with one attached hydrogen (secondary N) is 2. The molecule has 2 amide bonds. The van der Waals surface area contributed by atoms with E-state index >= 15 is 0 Å². The summed E-state index contributed by atoms with van der Waals surface area (Å²) in [6.45, 7) is 0.132. The molecule has 0 fully saturated rings. The van der Waals surface area contributed by atoms with Crippen LogP contribution < -0.4 is 20.3 Å². The Morgan fingerprint density at radius 2 is 1.69 bits per heavy atom. The van der Waals surface area contributed by atoms with Crippen molar-refractivity contribution in [1.29, 1.82) is 0 Å². The Morgan fingerprint density at radius 1 is 1.00 bits per heavy atom. The molecule has 2 N–H and O–H groups in total. The van der Waals surface area contributed by atoms with Crippen molar-refractivity contribution in [1.82, 2.24) is 9.88 Å². The zero-order chi connectivity index (χ0) is 24.9. The third-order valence-corrected chi connectivity index (χ3v) is 5.81. The average molecular weight is 496 g/mol. The van der Waals surface area contributed by atoms with Crippen LogP contribution in [0.3, 0.4) is 0 Å². The van der Waals surface area contributed by atoms with E-state index < -0.39 is 6.03 Å². The van der Waals surface area contributed by atoms with Crippen molar-refractivity contribution in [2.75, 3.05) is 19.5 Å². The molecule has 3 aromatic carbocycles. The maximum atomic E-state index is 13.4. The number of aromatic amines is 1. The fraction of sp³-hybridized carbons (Fsp3) is 0.154. The Kier molecular flexibility index (Phi) is 7.22. The van der Waals surface area contributed by atoms with Crippen molar-refractivity contribution < 1.29 is 18.7 Å². The molecule has 0 atom stereocenters. The van der Waals surface area contributed by atoms with Gasteiger partial charge in [0.15, 0.2) is 11.5 Å². The first-order valence-electron chi connectivity index (χ1n) is 10.7. The third kappa shape index (κ3) is 5.55. The summed E-state index contributed by atoms with van der Waals surface area (Å²) in [6, 6.07) is 17.3. The van der Waals surface area contributed by atoms with Gasteiger partial charge >= 0.3 is 6.03 Å². The van der Waals surface area contributed by atoms with E-state index in [4.69, 9.17) is 21.1 Å². The minimum atomic E-state index is -0.464. The smallest absolute Gasteiger partial charge is 0.322 e. The van der Waals surface area contributed by atoms with Crippen molar-refractivity contribution in [3.8, 4) is 11.5 Å².